The van der Waals surface area contributed by atoms with Crippen LogP contribution in [0.15, 0.2) is 42.5 Å². The normalized spacial score (nSPS) is 11.3. The number of anilines is 1. The molecule has 0 aliphatic heterocycles. The van der Waals surface area contributed by atoms with Crippen LogP contribution < -0.4 is 26.4 Å². The van der Waals surface area contributed by atoms with E-state index in [2.05, 4.69) is 16.0 Å². The zero-order valence-corrected chi connectivity index (χ0v) is 16.7. The van der Waals surface area contributed by atoms with Crippen LogP contribution in [0.4, 0.5) is 10.5 Å². The number of hydrogen-bond acceptors (Lipinski definition) is 4. The summed E-state index contributed by atoms with van der Waals surface area (Å²) in [4.78, 5) is 35.4. The Hall–Kier alpha value is -3.55. The van der Waals surface area contributed by atoms with Crippen LogP contribution in [-0.2, 0) is 4.79 Å². The Kier molecular flexibility index (Phi) is 7.59. The molecule has 154 valence electrons. The summed E-state index contributed by atoms with van der Waals surface area (Å²) in [5.41, 5.74) is 7.68. The molecule has 1 unspecified atom stereocenters. The molecule has 0 heterocycles. The zero-order valence-electron chi connectivity index (χ0n) is 16.7. The molecule has 0 fully saturated rings. The highest BCUT2D eigenvalue weighted by atomic mass is 16.5. The number of hydrogen-bond donors (Lipinski definition) is 4. The molecule has 29 heavy (non-hydrogen) atoms. The Balaban J connectivity index is 2.13. The number of likely N-dealkylation sites (N-methyl/N-ethyl adjacent to an activating group) is 1. The first-order valence-electron chi connectivity index (χ1n) is 9.25. The van der Waals surface area contributed by atoms with Gasteiger partial charge in [-0.15, -0.1) is 0 Å². The Morgan fingerprint density at radius 2 is 1.86 bits per heavy atom. The fourth-order valence-corrected chi connectivity index (χ4v) is 2.84. The smallest absolute Gasteiger partial charge is 0.319 e. The molecule has 0 saturated carbocycles. The molecular weight excluding hydrogens is 372 g/mol. The van der Waals surface area contributed by atoms with Gasteiger partial charge in [0.15, 0.2) is 6.61 Å². The molecule has 0 spiro atoms. The van der Waals surface area contributed by atoms with Crippen molar-refractivity contribution in [1.29, 1.82) is 0 Å². The van der Waals surface area contributed by atoms with Crippen molar-refractivity contribution in [3.8, 4) is 5.75 Å². The highest BCUT2D eigenvalue weighted by Gasteiger charge is 2.18. The van der Waals surface area contributed by atoms with E-state index in [1.54, 1.807) is 24.3 Å². The van der Waals surface area contributed by atoms with Gasteiger partial charge in [0, 0.05) is 23.9 Å². The van der Waals surface area contributed by atoms with Crippen LogP contribution in [0, 0.1) is 6.92 Å². The van der Waals surface area contributed by atoms with Crippen molar-refractivity contribution in [2.75, 3.05) is 19.0 Å². The highest BCUT2D eigenvalue weighted by molar-refractivity contribution is 5.96. The maximum absolute atomic E-state index is 12.5. The van der Waals surface area contributed by atoms with E-state index in [4.69, 9.17) is 10.5 Å². The minimum atomic E-state index is -0.564. The molecule has 0 aliphatic carbocycles. The van der Waals surface area contributed by atoms with E-state index in [1.807, 2.05) is 26.0 Å². The van der Waals surface area contributed by atoms with E-state index in [9.17, 15) is 14.4 Å². The SMILES string of the molecule is CCC(NC(=O)Nc1cc(C)cc(C(N)=O)c1)c1ccccc1OCC(=O)NC. The van der Waals surface area contributed by atoms with Crippen LogP contribution in [0.1, 0.15) is 40.9 Å². The lowest BCUT2D eigenvalue weighted by atomic mass is 10.0. The van der Waals surface area contributed by atoms with Gasteiger partial charge in [0.2, 0.25) is 5.91 Å². The van der Waals surface area contributed by atoms with Crippen LogP contribution in [0.5, 0.6) is 5.75 Å². The summed E-state index contributed by atoms with van der Waals surface area (Å²) in [5, 5.41) is 8.12. The maximum Gasteiger partial charge on any atom is 0.319 e. The molecule has 0 radical (unpaired) electrons. The molecule has 4 amide bonds. The van der Waals surface area contributed by atoms with E-state index < -0.39 is 11.9 Å². The summed E-state index contributed by atoms with van der Waals surface area (Å²) < 4.78 is 5.60. The van der Waals surface area contributed by atoms with Gasteiger partial charge in [-0.3, -0.25) is 9.59 Å². The largest absolute Gasteiger partial charge is 0.483 e. The summed E-state index contributed by atoms with van der Waals surface area (Å²) in [6.07, 6.45) is 0.605. The highest BCUT2D eigenvalue weighted by Crippen LogP contribution is 2.27. The molecule has 2 rings (SSSR count). The summed E-state index contributed by atoms with van der Waals surface area (Å²) >= 11 is 0. The van der Waals surface area contributed by atoms with Crippen LogP contribution in [0.2, 0.25) is 0 Å². The summed E-state index contributed by atoms with van der Waals surface area (Å²) in [7, 11) is 1.53. The second-order valence-electron chi connectivity index (χ2n) is 6.51. The summed E-state index contributed by atoms with van der Waals surface area (Å²) in [6, 6.07) is 11.4. The second kappa shape index (κ2) is 10.1. The average molecular weight is 398 g/mol. The number of nitrogens with one attached hydrogen (secondary N) is 3. The Labute approximate surface area is 169 Å². The van der Waals surface area contributed by atoms with Crippen LogP contribution in [0.25, 0.3) is 0 Å². The van der Waals surface area contributed by atoms with E-state index >= 15 is 0 Å². The van der Waals surface area contributed by atoms with Crippen molar-refractivity contribution in [2.24, 2.45) is 5.73 Å². The van der Waals surface area contributed by atoms with Crippen molar-refractivity contribution in [3.63, 3.8) is 0 Å². The predicted octanol–water partition coefficient (Wildman–Crippen LogP) is 2.49. The molecule has 0 saturated heterocycles. The molecule has 0 bridgehead atoms. The van der Waals surface area contributed by atoms with Crippen molar-refractivity contribution >= 4 is 23.5 Å². The number of para-hydroxylation sites is 1. The first-order valence-corrected chi connectivity index (χ1v) is 9.25. The van der Waals surface area contributed by atoms with E-state index in [0.29, 0.717) is 23.4 Å². The number of carbonyl (C=O) groups excluding carboxylic acids is 3. The van der Waals surface area contributed by atoms with Gasteiger partial charge in [0.25, 0.3) is 5.91 Å². The molecular formula is C21H26N4O4. The van der Waals surface area contributed by atoms with Gasteiger partial charge in [0.05, 0.1) is 6.04 Å². The maximum atomic E-state index is 12.5. The average Bonchev–Trinajstić information content (AvgIpc) is 2.70. The lowest BCUT2D eigenvalue weighted by Gasteiger charge is -2.21. The summed E-state index contributed by atoms with van der Waals surface area (Å²) in [6.45, 7) is 3.62. The van der Waals surface area contributed by atoms with Crippen molar-refractivity contribution in [2.45, 2.75) is 26.3 Å². The number of urea groups is 1. The lowest BCUT2D eigenvalue weighted by molar-refractivity contribution is -0.122. The van der Waals surface area contributed by atoms with Crippen LogP contribution in [0.3, 0.4) is 0 Å². The van der Waals surface area contributed by atoms with Gasteiger partial charge in [-0.05, 0) is 43.2 Å². The molecule has 8 nitrogen and oxygen atoms in total. The number of carbonyl (C=O) groups is 3. The van der Waals surface area contributed by atoms with Crippen LogP contribution >= 0.6 is 0 Å². The fraction of sp³-hybridized carbons (Fsp3) is 0.286. The van der Waals surface area contributed by atoms with Gasteiger partial charge >= 0.3 is 6.03 Å². The lowest BCUT2D eigenvalue weighted by Crippen LogP contribution is -2.33. The molecule has 2 aromatic carbocycles. The number of aryl methyl sites for hydroxylation is 1. The van der Waals surface area contributed by atoms with Crippen LogP contribution in [-0.4, -0.2) is 31.5 Å². The van der Waals surface area contributed by atoms with Gasteiger partial charge in [-0.2, -0.15) is 0 Å². The van der Waals surface area contributed by atoms with Gasteiger partial charge < -0.3 is 26.4 Å². The number of primary amides is 1. The number of nitrogens with two attached hydrogens (primary N) is 1. The van der Waals surface area contributed by atoms with E-state index in [-0.39, 0.29) is 18.6 Å². The standard InChI is InChI=1S/C21H26N4O4/c1-4-17(16-7-5-6-8-18(16)29-12-19(26)23-3)25-21(28)24-15-10-13(2)9-14(11-15)20(22)27/h5-11,17H,4,12H2,1-3H3,(H2,22,27)(H,23,26)(H2,24,25,28). The van der Waals surface area contributed by atoms with Gasteiger partial charge in [-0.1, -0.05) is 25.1 Å². The van der Waals surface area contributed by atoms with E-state index in [0.717, 1.165) is 11.1 Å². The van der Waals surface area contributed by atoms with Crippen molar-refractivity contribution in [3.05, 3.63) is 59.2 Å². The van der Waals surface area contributed by atoms with E-state index in [1.165, 1.54) is 13.1 Å². The van der Waals surface area contributed by atoms with Crippen molar-refractivity contribution in [1.82, 2.24) is 10.6 Å². The second-order valence-corrected chi connectivity index (χ2v) is 6.51. The molecule has 2 aromatic rings. The molecule has 5 N–H and O–H groups in total. The van der Waals surface area contributed by atoms with Gasteiger partial charge in [0.1, 0.15) is 5.75 Å². The Bertz CT molecular complexity index is 898. The van der Waals surface area contributed by atoms with Crippen molar-refractivity contribution < 1.29 is 19.1 Å². The number of benzene rings is 2. The molecule has 0 aromatic heterocycles. The minimum absolute atomic E-state index is 0.116. The first kappa shape index (κ1) is 21.7. The predicted molar refractivity (Wildman–Crippen MR) is 111 cm³/mol. The first-order chi connectivity index (χ1) is 13.8. The quantitative estimate of drug-likeness (QED) is 0.545. The Morgan fingerprint density at radius 3 is 2.52 bits per heavy atom. The zero-order chi connectivity index (χ0) is 21.4. The number of rotatable bonds is 8. The topological polar surface area (TPSA) is 123 Å². The fourth-order valence-electron chi connectivity index (χ4n) is 2.84. The molecule has 0 aliphatic rings. The third-order valence-corrected chi connectivity index (χ3v) is 4.27. The molecule has 1 atom stereocenters. The number of amides is 4. The minimum Gasteiger partial charge on any atom is -0.483 e. The summed E-state index contributed by atoms with van der Waals surface area (Å²) in [5.74, 6) is -0.288. The number of ether oxygens (including phenoxy) is 1. The third-order valence-electron chi connectivity index (χ3n) is 4.27. The monoisotopic (exact) mass is 398 g/mol. The van der Waals surface area contributed by atoms with Gasteiger partial charge in [-0.25, -0.2) is 4.79 Å². The third kappa shape index (κ3) is 6.24. The molecule has 8 heteroatoms. The Morgan fingerprint density at radius 1 is 1.14 bits per heavy atom.